The first-order valence-corrected chi connectivity index (χ1v) is 5.66. The molecule has 0 aliphatic carbocycles. The number of ether oxygens (including phenoxy) is 2. The molecule has 0 aromatic rings. The first kappa shape index (κ1) is 13.8. The summed E-state index contributed by atoms with van der Waals surface area (Å²) < 4.78 is 10.1. The number of rotatable bonds is 2. The second-order valence-electron chi connectivity index (χ2n) is 4.38. The van der Waals surface area contributed by atoms with E-state index in [0.717, 1.165) is 0 Å². The fourth-order valence-electron chi connectivity index (χ4n) is 1.90. The van der Waals surface area contributed by atoms with Gasteiger partial charge in [0.25, 0.3) is 0 Å². The molecular weight excluding hydrogens is 224 g/mol. The van der Waals surface area contributed by atoms with E-state index in [2.05, 4.69) is 4.74 Å². The van der Waals surface area contributed by atoms with Crippen LogP contribution in [0.4, 0.5) is 4.79 Å². The smallest absolute Gasteiger partial charge is 0.409 e. The zero-order valence-electron chi connectivity index (χ0n) is 10.8. The van der Waals surface area contributed by atoms with Gasteiger partial charge in [0.1, 0.15) is 6.54 Å². The van der Waals surface area contributed by atoms with Crippen molar-refractivity contribution >= 4 is 12.0 Å². The van der Waals surface area contributed by atoms with Crippen LogP contribution in [0.25, 0.3) is 0 Å². The molecule has 17 heavy (non-hydrogen) atoms. The van der Waals surface area contributed by atoms with Gasteiger partial charge in [-0.25, -0.2) is 4.79 Å². The Morgan fingerprint density at radius 3 is 2.35 bits per heavy atom. The molecular formula is C11H20N2O4. The SMILES string of the molecule is COC(=O)N(C)CC(=O)N1CC(C)OC(C)C1. The molecule has 2 unspecified atom stereocenters. The van der Waals surface area contributed by atoms with Crippen molar-refractivity contribution < 1.29 is 19.1 Å². The van der Waals surface area contributed by atoms with Crippen molar-refractivity contribution in [3.05, 3.63) is 0 Å². The number of hydrogen-bond donors (Lipinski definition) is 0. The molecule has 2 amide bonds. The van der Waals surface area contributed by atoms with Crippen LogP contribution in [-0.2, 0) is 14.3 Å². The molecule has 6 nitrogen and oxygen atoms in total. The predicted octanol–water partition coefficient (Wildman–Crippen LogP) is 0.320. The van der Waals surface area contributed by atoms with Gasteiger partial charge in [-0.1, -0.05) is 0 Å². The Morgan fingerprint density at radius 1 is 1.35 bits per heavy atom. The number of nitrogens with zero attached hydrogens (tertiary/aromatic N) is 2. The second-order valence-corrected chi connectivity index (χ2v) is 4.38. The summed E-state index contributed by atoms with van der Waals surface area (Å²) in [6.07, 6.45) is -0.440. The number of carbonyl (C=O) groups excluding carboxylic acids is 2. The standard InChI is InChI=1S/C11H20N2O4/c1-8-5-13(6-9(2)17-8)10(14)7-12(3)11(15)16-4/h8-9H,5-7H2,1-4H3. The van der Waals surface area contributed by atoms with Crippen molar-refractivity contribution in [3.8, 4) is 0 Å². The molecule has 0 saturated carbocycles. The number of hydrogen-bond acceptors (Lipinski definition) is 4. The Kier molecular flexibility index (Phi) is 4.74. The van der Waals surface area contributed by atoms with Crippen molar-refractivity contribution in [3.63, 3.8) is 0 Å². The Balaban J connectivity index is 2.49. The van der Waals surface area contributed by atoms with Gasteiger partial charge in [0, 0.05) is 20.1 Å². The average Bonchev–Trinajstić information content (AvgIpc) is 2.26. The molecule has 1 aliphatic rings. The Morgan fingerprint density at radius 2 is 1.88 bits per heavy atom. The van der Waals surface area contributed by atoms with Gasteiger partial charge in [0.2, 0.25) is 5.91 Å². The maximum absolute atomic E-state index is 11.9. The minimum absolute atomic E-state index is 0.0335. The molecule has 0 aromatic carbocycles. The number of methoxy groups -OCH3 is 1. The fraction of sp³-hybridized carbons (Fsp3) is 0.818. The van der Waals surface area contributed by atoms with Gasteiger partial charge in [-0.05, 0) is 13.8 Å². The molecule has 1 heterocycles. The summed E-state index contributed by atoms with van der Waals surface area (Å²) in [5.74, 6) is -0.0834. The molecule has 1 saturated heterocycles. The summed E-state index contributed by atoms with van der Waals surface area (Å²) in [4.78, 5) is 26.1. The van der Waals surface area contributed by atoms with E-state index in [4.69, 9.17) is 4.74 Å². The number of carbonyl (C=O) groups is 2. The number of amides is 2. The Bertz CT molecular complexity index is 285. The highest BCUT2D eigenvalue weighted by atomic mass is 16.5. The average molecular weight is 244 g/mol. The molecule has 1 rings (SSSR count). The van der Waals surface area contributed by atoms with Gasteiger partial charge in [0.15, 0.2) is 0 Å². The van der Waals surface area contributed by atoms with E-state index in [1.807, 2.05) is 13.8 Å². The molecule has 98 valence electrons. The van der Waals surface area contributed by atoms with Gasteiger partial charge in [0.05, 0.1) is 19.3 Å². The first-order valence-electron chi connectivity index (χ1n) is 5.66. The quantitative estimate of drug-likeness (QED) is 0.702. The van der Waals surface area contributed by atoms with E-state index >= 15 is 0 Å². The zero-order chi connectivity index (χ0) is 13.0. The first-order chi connectivity index (χ1) is 7.93. The summed E-state index contributed by atoms with van der Waals surface area (Å²) in [5.41, 5.74) is 0. The van der Waals surface area contributed by atoms with Crippen LogP contribution in [0.2, 0.25) is 0 Å². The van der Waals surface area contributed by atoms with Gasteiger partial charge >= 0.3 is 6.09 Å². The second kappa shape index (κ2) is 5.86. The maximum atomic E-state index is 11.9. The normalized spacial score (nSPS) is 24.4. The van der Waals surface area contributed by atoms with Crippen LogP contribution in [0, 0.1) is 0 Å². The highest BCUT2D eigenvalue weighted by Gasteiger charge is 2.27. The van der Waals surface area contributed by atoms with Crippen LogP contribution in [0.1, 0.15) is 13.8 Å². The van der Waals surface area contributed by atoms with Gasteiger partial charge in [-0.15, -0.1) is 0 Å². The minimum atomic E-state index is -0.507. The Hall–Kier alpha value is -1.30. The van der Waals surface area contributed by atoms with E-state index in [0.29, 0.717) is 13.1 Å². The van der Waals surface area contributed by atoms with E-state index < -0.39 is 6.09 Å². The summed E-state index contributed by atoms with van der Waals surface area (Å²) in [6, 6.07) is 0. The molecule has 0 radical (unpaired) electrons. The van der Waals surface area contributed by atoms with E-state index in [1.165, 1.54) is 19.1 Å². The molecule has 1 aliphatic heterocycles. The highest BCUT2D eigenvalue weighted by molar-refractivity contribution is 5.82. The van der Waals surface area contributed by atoms with E-state index in [9.17, 15) is 9.59 Å². The molecule has 2 atom stereocenters. The molecule has 6 heteroatoms. The maximum Gasteiger partial charge on any atom is 0.409 e. The van der Waals surface area contributed by atoms with E-state index in [-0.39, 0.29) is 24.7 Å². The third-order valence-corrected chi connectivity index (χ3v) is 2.63. The highest BCUT2D eigenvalue weighted by Crippen LogP contribution is 2.10. The van der Waals surface area contributed by atoms with Crippen LogP contribution in [0.15, 0.2) is 0 Å². The van der Waals surface area contributed by atoms with Crippen molar-refractivity contribution in [1.82, 2.24) is 9.80 Å². The monoisotopic (exact) mass is 244 g/mol. The lowest BCUT2D eigenvalue weighted by atomic mass is 10.2. The third-order valence-electron chi connectivity index (χ3n) is 2.63. The Labute approximate surface area is 101 Å². The van der Waals surface area contributed by atoms with Crippen molar-refractivity contribution in [2.45, 2.75) is 26.1 Å². The van der Waals surface area contributed by atoms with Crippen LogP contribution >= 0.6 is 0 Å². The molecule has 0 bridgehead atoms. The largest absolute Gasteiger partial charge is 0.453 e. The van der Waals surface area contributed by atoms with Crippen molar-refractivity contribution in [1.29, 1.82) is 0 Å². The minimum Gasteiger partial charge on any atom is -0.453 e. The van der Waals surface area contributed by atoms with Crippen LogP contribution in [0.5, 0.6) is 0 Å². The summed E-state index contributed by atoms with van der Waals surface area (Å²) in [5, 5.41) is 0. The molecule has 0 aromatic heterocycles. The molecule has 0 N–H and O–H groups in total. The number of morpholine rings is 1. The lowest BCUT2D eigenvalue weighted by Crippen LogP contribution is -2.51. The zero-order valence-corrected chi connectivity index (χ0v) is 10.8. The van der Waals surface area contributed by atoms with Crippen LogP contribution in [0.3, 0.4) is 0 Å². The lowest BCUT2D eigenvalue weighted by Gasteiger charge is -2.35. The summed E-state index contributed by atoms with van der Waals surface area (Å²) in [6.45, 7) is 5.03. The summed E-state index contributed by atoms with van der Waals surface area (Å²) in [7, 11) is 2.83. The topological polar surface area (TPSA) is 59.1 Å². The number of likely N-dealkylation sites (N-methyl/N-ethyl adjacent to an activating group) is 1. The van der Waals surface area contributed by atoms with Crippen molar-refractivity contribution in [2.75, 3.05) is 33.8 Å². The van der Waals surface area contributed by atoms with Crippen molar-refractivity contribution in [2.24, 2.45) is 0 Å². The third kappa shape index (κ3) is 3.89. The van der Waals surface area contributed by atoms with Gasteiger partial charge in [-0.2, -0.15) is 0 Å². The lowest BCUT2D eigenvalue weighted by molar-refractivity contribution is -0.143. The van der Waals surface area contributed by atoms with Crippen LogP contribution in [-0.4, -0.2) is 67.8 Å². The molecule has 0 spiro atoms. The van der Waals surface area contributed by atoms with Crippen LogP contribution < -0.4 is 0 Å². The molecule has 1 fully saturated rings. The summed E-state index contributed by atoms with van der Waals surface area (Å²) >= 11 is 0. The van der Waals surface area contributed by atoms with E-state index in [1.54, 1.807) is 4.90 Å². The predicted molar refractivity (Wildman–Crippen MR) is 61.6 cm³/mol. The van der Waals surface area contributed by atoms with Gasteiger partial charge < -0.3 is 19.3 Å². The van der Waals surface area contributed by atoms with Gasteiger partial charge in [-0.3, -0.25) is 4.79 Å². The fourth-order valence-corrected chi connectivity index (χ4v) is 1.90.